The number of aromatic nitrogens is 1. The molecule has 7 heteroatoms. The first-order valence-corrected chi connectivity index (χ1v) is 9.63. The Morgan fingerprint density at radius 2 is 1.72 bits per heavy atom. The molecule has 3 aromatic rings. The molecule has 148 valence electrons. The summed E-state index contributed by atoms with van der Waals surface area (Å²) in [5.41, 5.74) is 2.17. The fourth-order valence-electron chi connectivity index (χ4n) is 3.26. The molecule has 0 spiro atoms. The van der Waals surface area contributed by atoms with Crippen molar-refractivity contribution in [3.63, 3.8) is 0 Å². The second-order valence-corrected chi connectivity index (χ2v) is 6.87. The van der Waals surface area contributed by atoms with Gasteiger partial charge in [0.15, 0.2) is 5.76 Å². The molecule has 1 aliphatic rings. The van der Waals surface area contributed by atoms with Gasteiger partial charge in [0.05, 0.1) is 12.7 Å². The summed E-state index contributed by atoms with van der Waals surface area (Å²) in [5, 5.41) is 5.45. The number of oxazole rings is 1. The molecule has 0 saturated carbocycles. The van der Waals surface area contributed by atoms with Crippen LogP contribution in [0.5, 0.6) is 0 Å². The Kier molecular flexibility index (Phi) is 5.56. The topological polar surface area (TPSA) is 87.5 Å². The predicted molar refractivity (Wildman–Crippen MR) is 109 cm³/mol. The molecule has 1 saturated heterocycles. The van der Waals surface area contributed by atoms with Gasteiger partial charge in [-0.25, -0.2) is 9.78 Å². The fraction of sp³-hybridized carbons (Fsp3) is 0.227. The van der Waals surface area contributed by atoms with E-state index in [-0.39, 0.29) is 18.5 Å². The first-order valence-electron chi connectivity index (χ1n) is 9.63. The zero-order chi connectivity index (χ0) is 20.1. The van der Waals surface area contributed by atoms with Gasteiger partial charge in [-0.2, -0.15) is 0 Å². The second kappa shape index (κ2) is 8.60. The fourth-order valence-corrected chi connectivity index (χ4v) is 3.26. The normalized spacial score (nSPS) is 13.3. The maximum Gasteiger partial charge on any atom is 0.319 e. The molecule has 29 heavy (non-hydrogen) atoms. The minimum atomic E-state index is -0.372. The Balaban J connectivity index is 1.28. The lowest BCUT2D eigenvalue weighted by molar-refractivity contribution is 0.0793. The van der Waals surface area contributed by atoms with Gasteiger partial charge in [0.1, 0.15) is 0 Å². The summed E-state index contributed by atoms with van der Waals surface area (Å²) in [6.07, 6.45) is 3.76. The van der Waals surface area contributed by atoms with Crippen LogP contribution in [0.4, 0.5) is 10.5 Å². The highest BCUT2D eigenvalue weighted by molar-refractivity contribution is 5.95. The van der Waals surface area contributed by atoms with Crippen molar-refractivity contribution < 1.29 is 14.0 Å². The van der Waals surface area contributed by atoms with Crippen LogP contribution in [0.25, 0.3) is 11.3 Å². The quantitative estimate of drug-likeness (QED) is 0.692. The average Bonchev–Trinajstić information content (AvgIpc) is 3.45. The molecule has 0 aliphatic carbocycles. The minimum absolute atomic E-state index is 0.0385. The highest BCUT2D eigenvalue weighted by Gasteiger charge is 2.19. The van der Waals surface area contributed by atoms with E-state index in [4.69, 9.17) is 4.42 Å². The van der Waals surface area contributed by atoms with Gasteiger partial charge >= 0.3 is 6.03 Å². The van der Waals surface area contributed by atoms with Gasteiger partial charge in [-0.1, -0.05) is 30.3 Å². The summed E-state index contributed by atoms with van der Waals surface area (Å²) in [7, 11) is 0. The summed E-state index contributed by atoms with van der Waals surface area (Å²) >= 11 is 0. The van der Waals surface area contributed by atoms with Crippen LogP contribution in [0.2, 0.25) is 0 Å². The smallest absolute Gasteiger partial charge is 0.319 e. The summed E-state index contributed by atoms with van der Waals surface area (Å²) in [4.78, 5) is 30.5. The van der Waals surface area contributed by atoms with E-state index < -0.39 is 0 Å². The van der Waals surface area contributed by atoms with Crippen molar-refractivity contribution in [3.8, 4) is 11.3 Å². The number of rotatable bonds is 5. The number of amides is 3. The Bertz CT molecular complexity index is 977. The maximum absolute atomic E-state index is 12.4. The molecule has 2 heterocycles. The van der Waals surface area contributed by atoms with Gasteiger partial charge in [-0.3, -0.25) is 4.79 Å². The molecule has 0 radical (unpaired) electrons. The highest BCUT2D eigenvalue weighted by Crippen LogP contribution is 2.19. The third-order valence-electron chi connectivity index (χ3n) is 4.80. The molecule has 0 bridgehead atoms. The standard InChI is InChI=1S/C22H22N4O3/c27-21(26-12-4-5-13-26)17-8-10-18(11-9-17)25-22(28)24-15-20-23-14-19(29-20)16-6-2-1-3-7-16/h1-3,6-11,14H,4-5,12-13,15H2,(H2,24,25,28). The summed E-state index contributed by atoms with van der Waals surface area (Å²) in [6, 6.07) is 16.2. The lowest BCUT2D eigenvalue weighted by Crippen LogP contribution is -2.29. The van der Waals surface area contributed by atoms with E-state index in [2.05, 4.69) is 15.6 Å². The van der Waals surface area contributed by atoms with Crippen LogP contribution in [0, 0.1) is 0 Å². The minimum Gasteiger partial charge on any atom is -0.439 e. The number of hydrogen-bond acceptors (Lipinski definition) is 4. The van der Waals surface area contributed by atoms with Gasteiger partial charge in [0.25, 0.3) is 5.91 Å². The summed E-state index contributed by atoms with van der Waals surface area (Å²) < 4.78 is 5.67. The van der Waals surface area contributed by atoms with E-state index in [1.54, 1.807) is 30.5 Å². The Morgan fingerprint density at radius 1 is 1.00 bits per heavy atom. The maximum atomic E-state index is 12.4. The van der Waals surface area contributed by atoms with Crippen molar-refractivity contribution >= 4 is 17.6 Å². The van der Waals surface area contributed by atoms with Gasteiger partial charge in [-0.15, -0.1) is 0 Å². The molecular formula is C22H22N4O3. The summed E-state index contributed by atoms with van der Waals surface area (Å²) in [6.45, 7) is 1.80. The van der Waals surface area contributed by atoms with E-state index in [0.29, 0.717) is 22.9 Å². The van der Waals surface area contributed by atoms with Crippen LogP contribution >= 0.6 is 0 Å². The van der Waals surface area contributed by atoms with E-state index in [1.165, 1.54) is 0 Å². The molecule has 1 aliphatic heterocycles. The molecular weight excluding hydrogens is 368 g/mol. The number of nitrogens with zero attached hydrogens (tertiary/aromatic N) is 2. The van der Waals surface area contributed by atoms with Gasteiger partial charge in [-0.05, 0) is 37.1 Å². The van der Waals surface area contributed by atoms with Crippen molar-refractivity contribution in [2.75, 3.05) is 18.4 Å². The molecule has 4 rings (SSSR count). The molecule has 1 aromatic heterocycles. The zero-order valence-electron chi connectivity index (χ0n) is 15.9. The monoisotopic (exact) mass is 390 g/mol. The largest absolute Gasteiger partial charge is 0.439 e. The van der Waals surface area contributed by atoms with Crippen LogP contribution in [0.3, 0.4) is 0 Å². The SMILES string of the molecule is O=C(NCc1ncc(-c2ccccc2)o1)Nc1ccc(C(=O)N2CCCC2)cc1. The van der Waals surface area contributed by atoms with Crippen LogP contribution < -0.4 is 10.6 Å². The predicted octanol–water partition coefficient (Wildman–Crippen LogP) is 3.90. The first-order chi connectivity index (χ1) is 14.2. The summed E-state index contributed by atoms with van der Waals surface area (Å²) in [5.74, 6) is 1.11. The van der Waals surface area contributed by atoms with Crippen molar-refractivity contribution in [2.24, 2.45) is 0 Å². The average molecular weight is 390 g/mol. The van der Waals surface area contributed by atoms with Gasteiger partial charge < -0.3 is 20.0 Å². The molecule has 3 amide bonds. The zero-order valence-corrected chi connectivity index (χ0v) is 15.9. The third kappa shape index (κ3) is 4.63. The van der Waals surface area contributed by atoms with Crippen molar-refractivity contribution in [1.82, 2.24) is 15.2 Å². The number of urea groups is 1. The molecule has 0 atom stereocenters. The number of carbonyl (C=O) groups excluding carboxylic acids is 2. The van der Waals surface area contributed by atoms with Crippen molar-refractivity contribution in [1.29, 1.82) is 0 Å². The number of nitrogens with one attached hydrogen (secondary N) is 2. The van der Waals surface area contributed by atoms with Crippen molar-refractivity contribution in [3.05, 3.63) is 72.2 Å². The number of carbonyl (C=O) groups is 2. The Hall–Kier alpha value is -3.61. The lowest BCUT2D eigenvalue weighted by Gasteiger charge is -2.15. The van der Waals surface area contributed by atoms with E-state index in [9.17, 15) is 9.59 Å². The molecule has 1 fully saturated rings. The molecule has 7 nitrogen and oxygen atoms in total. The Labute approximate surface area is 168 Å². The number of benzene rings is 2. The first kappa shape index (κ1) is 18.7. The molecule has 2 N–H and O–H groups in total. The number of hydrogen-bond donors (Lipinski definition) is 2. The third-order valence-corrected chi connectivity index (χ3v) is 4.80. The van der Waals surface area contributed by atoms with E-state index >= 15 is 0 Å². The van der Waals surface area contributed by atoms with Crippen LogP contribution in [0.15, 0.2) is 65.2 Å². The lowest BCUT2D eigenvalue weighted by atomic mass is 10.2. The number of anilines is 1. The van der Waals surface area contributed by atoms with Gasteiger partial charge in [0, 0.05) is 29.9 Å². The van der Waals surface area contributed by atoms with E-state index in [0.717, 1.165) is 31.5 Å². The highest BCUT2D eigenvalue weighted by atomic mass is 16.4. The second-order valence-electron chi connectivity index (χ2n) is 6.87. The molecule has 2 aromatic carbocycles. The van der Waals surface area contributed by atoms with Crippen LogP contribution in [-0.4, -0.2) is 34.9 Å². The molecule has 0 unspecified atom stereocenters. The van der Waals surface area contributed by atoms with E-state index in [1.807, 2.05) is 35.2 Å². The van der Waals surface area contributed by atoms with Crippen LogP contribution in [0.1, 0.15) is 29.1 Å². The van der Waals surface area contributed by atoms with Gasteiger partial charge in [0.2, 0.25) is 5.89 Å². The number of likely N-dealkylation sites (tertiary alicyclic amines) is 1. The van der Waals surface area contributed by atoms with Crippen LogP contribution in [-0.2, 0) is 6.54 Å². The Morgan fingerprint density at radius 3 is 2.45 bits per heavy atom. The van der Waals surface area contributed by atoms with Crippen molar-refractivity contribution in [2.45, 2.75) is 19.4 Å².